The van der Waals surface area contributed by atoms with Crippen LogP contribution in [0.4, 0.5) is 4.39 Å². The Morgan fingerprint density at radius 2 is 2.17 bits per heavy atom. The molecule has 1 aromatic carbocycles. The van der Waals surface area contributed by atoms with Crippen LogP contribution in [0.2, 0.25) is 0 Å². The van der Waals surface area contributed by atoms with Gasteiger partial charge in [0.05, 0.1) is 18.2 Å². The molecule has 0 aliphatic heterocycles. The van der Waals surface area contributed by atoms with E-state index in [4.69, 9.17) is 4.74 Å². The molecule has 90 valence electrons. The third kappa shape index (κ3) is 1.69. The number of rotatable bonds is 2. The van der Waals surface area contributed by atoms with Gasteiger partial charge in [0, 0.05) is 12.3 Å². The second kappa shape index (κ2) is 4.10. The number of halogens is 1. The molecule has 0 aliphatic rings. The molecule has 0 saturated heterocycles. The molecule has 0 aliphatic carbocycles. The lowest BCUT2D eigenvalue weighted by molar-refractivity contribution is 0.412. The van der Waals surface area contributed by atoms with E-state index in [1.807, 2.05) is 12.1 Å². The minimum atomic E-state index is -0.343. The maximum atomic E-state index is 13.1. The van der Waals surface area contributed by atoms with Crippen LogP contribution in [0.15, 0.2) is 36.5 Å². The molecule has 5 heteroatoms. The van der Waals surface area contributed by atoms with Gasteiger partial charge in [0.25, 0.3) is 0 Å². The summed E-state index contributed by atoms with van der Waals surface area (Å²) in [5.74, 6) is 0.708. The maximum absolute atomic E-state index is 13.1. The number of hydrogen-bond acceptors (Lipinski definition) is 3. The first-order valence-electron chi connectivity index (χ1n) is 5.42. The van der Waals surface area contributed by atoms with Gasteiger partial charge in [-0.2, -0.15) is 0 Å². The largest absolute Gasteiger partial charge is 0.496 e. The molecule has 18 heavy (non-hydrogen) atoms. The molecule has 0 radical (unpaired) electrons. The molecule has 0 saturated carbocycles. The van der Waals surface area contributed by atoms with Gasteiger partial charge in [0.1, 0.15) is 17.4 Å². The van der Waals surface area contributed by atoms with E-state index in [1.54, 1.807) is 12.3 Å². The van der Waals surface area contributed by atoms with E-state index >= 15 is 0 Å². The first kappa shape index (κ1) is 10.7. The molecule has 3 aromatic rings. The van der Waals surface area contributed by atoms with Crippen LogP contribution in [-0.4, -0.2) is 22.1 Å². The predicted octanol–water partition coefficient (Wildman–Crippen LogP) is 2.77. The molecule has 0 bridgehead atoms. The Labute approximate surface area is 102 Å². The Hall–Kier alpha value is -2.43. The summed E-state index contributed by atoms with van der Waals surface area (Å²) in [7, 11) is 1.50. The average Bonchev–Trinajstić information content (AvgIpc) is 2.82. The van der Waals surface area contributed by atoms with E-state index < -0.39 is 0 Å². The van der Waals surface area contributed by atoms with E-state index in [9.17, 15) is 4.39 Å². The van der Waals surface area contributed by atoms with E-state index in [0.717, 1.165) is 5.52 Å². The Kier molecular flexibility index (Phi) is 2.44. The molecular formula is C13H10FN3O. The SMILES string of the molecule is COc1cc(F)ccc1-c1nc2ncccc2[nH]1. The highest BCUT2D eigenvalue weighted by Gasteiger charge is 2.11. The normalized spacial score (nSPS) is 10.8. The van der Waals surface area contributed by atoms with E-state index in [1.165, 1.54) is 19.2 Å². The van der Waals surface area contributed by atoms with Crippen LogP contribution < -0.4 is 4.74 Å². The molecule has 0 spiro atoms. The van der Waals surface area contributed by atoms with Crippen molar-refractivity contribution in [2.75, 3.05) is 7.11 Å². The van der Waals surface area contributed by atoms with Gasteiger partial charge >= 0.3 is 0 Å². The Bertz CT molecular complexity index is 675. The van der Waals surface area contributed by atoms with Crippen LogP contribution in [0.1, 0.15) is 0 Å². The second-order valence-electron chi connectivity index (χ2n) is 3.80. The van der Waals surface area contributed by atoms with E-state index in [-0.39, 0.29) is 5.82 Å². The van der Waals surface area contributed by atoms with Gasteiger partial charge in [-0.05, 0) is 24.3 Å². The molecule has 0 atom stereocenters. The highest BCUT2D eigenvalue weighted by molar-refractivity contribution is 5.77. The molecule has 3 rings (SSSR count). The Morgan fingerprint density at radius 3 is 2.94 bits per heavy atom. The Morgan fingerprint density at radius 1 is 1.28 bits per heavy atom. The monoisotopic (exact) mass is 243 g/mol. The highest BCUT2D eigenvalue weighted by atomic mass is 19.1. The number of hydrogen-bond donors (Lipinski definition) is 1. The number of ether oxygens (including phenoxy) is 1. The van der Waals surface area contributed by atoms with Gasteiger partial charge < -0.3 is 9.72 Å². The lowest BCUT2D eigenvalue weighted by Gasteiger charge is -2.05. The zero-order valence-corrected chi connectivity index (χ0v) is 9.64. The zero-order chi connectivity index (χ0) is 12.5. The van der Waals surface area contributed by atoms with Gasteiger partial charge in [-0.25, -0.2) is 14.4 Å². The third-order valence-corrected chi connectivity index (χ3v) is 2.68. The lowest BCUT2D eigenvalue weighted by atomic mass is 10.2. The summed E-state index contributed by atoms with van der Waals surface area (Å²) in [5.41, 5.74) is 2.16. The third-order valence-electron chi connectivity index (χ3n) is 2.68. The van der Waals surface area contributed by atoms with Gasteiger partial charge in [0.2, 0.25) is 0 Å². The number of fused-ring (bicyclic) bond motifs is 1. The smallest absolute Gasteiger partial charge is 0.178 e. The first-order chi connectivity index (χ1) is 8.78. The topological polar surface area (TPSA) is 50.8 Å². The second-order valence-corrected chi connectivity index (χ2v) is 3.80. The van der Waals surface area contributed by atoms with Crippen molar-refractivity contribution in [2.24, 2.45) is 0 Å². The van der Waals surface area contributed by atoms with Crippen LogP contribution in [-0.2, 0) is 0 Å². The summed E-state index contributed by atoms with van der Waals surface area (Å²) in [6, 6.07) is 8.04. The van der Waals surface area contributed by atoms with Crippen LogP contribution in [0.5, 0.6) is 5.75 Å². The van der Waals surface area contributed by atoms with E-state index in [0.29, 0.717) is 22.8 Å². The quantitative estimate of drug-likeness (QED) is 0.753. The lowest BCUT2D eigenvalue weighted by Crippen LogP contribution is -1.90. The number of pyridine rings is 1. The fraction of sp³-hybridized carbons (Fsp3) is 0.0769. The first-order valence-corrected chi connectivity index (χ1v) is 5.42. The molecule has 2 aromatic heterocycles. The van der Waals surface area contributed by atoms with Gasteiger partial charge in [0.15, 0.2) is 5.65 Å². The zero-order valence-electron chi connectivity index (χ0n) is 9.64. The van der Waals surface area contributed by atoms with Crippen LogP contribution in [0, 0.1) is 5.82 Å². The average molecular weight is 243 g/mol. The van der Waals surface area contributed by atoms with Crippen molar-refractivity contribution in [3.8, 4) is 17.1 Å². The number of nitrogens with zero attached hydrogens (tertiary/aromatic N) is 2. The van der Waals surface area contributed by atoms with Gasteiger partial charge in [-0.3, -0.25) is 0 Å². The summed E-state index contributed by atoms with van der Waals surface area (Å²) in [6.07, 6.45) is 1.68. The number of nitrogens with one attached hydrogen (secondary N) is 1. The van der Waals surface area contributed by atoms with Crippen molar-refractivity contribution in [3.63, 3.8) is 0 Å². The summed E-state index contributed by atoms with van der Waals surface area (Å²) in [6.45, 7) is 0. The number of imidazole rings is 1. The highest BCUT2D eigenvalue weighted by Crippen LogP contribution is 2.29. The number of benzene rings is 1. The standard InChI is InChI=1S/C13H10FN3O/c1-18-11-7-8(14)4-5-9(11)12-16-10-3-2-6-15-13(10)17-12/h2-7H,1H3,(H,15,16,17). The van der Waals surface area contributed by atoms with Crippen LogP contribution in [0.25, 0.3) is 22.6 Å². The summed E-state index contributed by atoms with van der Waals surface area (Å²) < 4.78 is 18.3. The van der Waals surface area contributed by atoms with Crippen molar-refractivity contribution in [3.05, 3.63) is 42.3 Å². The molecule has 0 amide bonds. The van der Waals surface area contributed by atoms with Crippen molar-refractivity contribution in [2.45, 2.75) is 0 Å². The number of aromatic amines is 1. The van der Waals surface area contributed by atoms with Crippen LogP contribution >= 0.6 is 0 Å². The van der Waals surface area contributed by atoms with Gasteiger partial charge in [-0.15, -0.1) is 0 Å². The number of aromatic nitrogens is 3. The van der Waals surface area contributed by atoms with Crippen molar-refractivity contribution in [1.29, 1.82) is 0 Å². The molecule has 1 N–H and O–H groups in total. The molecule has 4 nitrogen and oxygen atoms in total. The number of methoxy groups -OCH3 is 1. The van der Waals surface area contributed by atoms with Crippen LogP contribution in [0.3, 0.4) is 0 Å². The summed E-state index contributed by atoms with van der Waals surface area (Å²) in [4.78, 5) is 11.6. The fourth-order valence-electron chi connectivity index (χ4n) is 1.83. The summed E-state index contributed by atoms with van der Waals surface area (Å²) in [5, 5.41) is 0. The number of H-pyrrole nitrogens is 1. The predicted molar refractivity (Wildman–Crippen MR) is 65.8 cm³/mol. The minimum absolute atomic E-state index is 0.343. The van der Waals surface area contributed by atoms with Crippen molar-refractivity contribution in [1.82, 2.24) is 15.0 Å². The van der Waals surface area contributed by atoms with Crippen molar-refractivity contribution >= 4 is 11.2 Å². The molecule has 0 unspecified atom stereocenters. The summed E-state index contributed by atoms with van der Waals surface area (Å²) >= 11 is 0. The maximum Gasteiger partial charge on any atom is 0.178 e. The molecule has 2 heterocycles. The fourth-order valence-corrected chi connectivity index (χ4v) is 1.83. The van der Waals surface area contributed by atoms with Crippen molar-refractivity contribution < 1.29 is 9.13 Å². The minimum Gasteiger partial charge on any atom is -0.496 e. The molecule has 0 fully saturated rings. The van der Waals surface area contributed by atoms with E-state index in [2.05, 4.69) is 15.0 Å². The molecular weight excluding hydrogens is 233 g/mol. The van der Waals surface area contributed by atoms with Gasteiger partial charge in [-0.1, -0.05) is 0 Å². The Balaban J connectivity index is 2.19.